The summed E-state index contributed by atoms with van der Waals surface area (Å²) >= 11 is 0. The molecule has 0 saturated heterocycles. The number of ether oxygens (including phenoxy) is 1. The highest BCUT2D eigenvalue weighted by atomic mass is 32.2. The number of carboxylic acid groups (broad SMARTS) is 1. The van der Waals surface area contributed by atoms with E-state index in [1.165, 1.54) is 25.1 Å². The summed E-state index contributed by atoms with van der Waals surface area (Å²) in [6.45, 7) is 1.52. The normalized spacial score (nSPS) is 17.9. The van der Waals surface area contributed by atoms with Crippen LogP contribution in [0.2, 0.25) is 0 Å². The fourth-order valence-electron chi connectivity index (χ4n) is 1.78. The Bertz CT molecular complexity index is 667. The second-order valence-electron chi connectivity index (χ2n) is 4.25. The average molecular weight is 299 g/mol. The number of carboxylic acids is 1. The van der Waals surface area contributed by atoms with E-state index in [1.54, 1.807) is 0 Å². The smallest absolute Gasteiger partial charge is 0.307 e. The van der Waals surface area contributed by atoms with Crippen molar-refractivity contribution in [1.29, 1.82) is 0 Å². The molecule has 7 nitrogen and oxygen atoms in total. The summed E-state index contributed by atoms with van der Waals surface area (Å²) in [5.41, 5.74) is 0.228. The maximum absolute atomic E-state index is 11.7. The SMILES string of the molecule is CCS(=O)(=O)c1ccc2c(c1)NC(=O)[C@@H](CC(=O)O)O2. The van der Waals surface area contributed by atoms with Gasteiger partial charge in [0, 0.05) is 0 Å². The summed E-state index contributed by atoms with van der Waals surface area (Å²) in [4.78, 5) is 22.4. The molecule has 0 fully saturated rings. The zero-order chi connectivity index (χ0) is 14.9. The predicted molar refractivity (Wildman–Crippen MR) is 69.5 cm³/mol. The van der Waals surface area contributed by atoms with Crippen LogP contribution in [0.15, 0.2) is 23.1 Å². The van der Waals surface area contributed by atoms with Gasteiger partial charge in [-0.1, -0.05) is 6.92 Å². The van der Waals surface area contributed by atoms with Crippen LogP contribution in [0.1, 0.15) is 13.3 Å². The zero-order valence-corrected chi connectivity index (χ0v) is 11.4. The number of benzene rings is 1. The molecule has 1 amide bonds. The van der Waals surface area contributed by atoms with Gasteiger partial charge in [-0.05, 0) is 18.2 Å². The molecular formula is C12H13NO6S. The number of amides is 1. The average Bonchev–Trinajstić information content (AvgIpc) is 2.38. The molecule has 1 aromatic rings. The summed E-state index contributed by atoms with van der Waals surface area (Å²) < 4.78 is 28.8. The first-order valence-electron chi connectivity index (χ1n) is 5.89. The largest absolute Gasteiger partial charge is 0.481 e. The lowest BCUT2D eigenvalue weighted by molar-refractivity contribution is -0.142. The van der Waals surface area contributed by atoms with Gasteiger partial charge in [-0.2, -0.15) is 0 Å². The van der Waals surface area contributed by atoms with Crippen molar-refractivity contribution in [2.75, 3.05) is 11.1 Å². The molecule has 1 aromatic carbocycles. The molecule has 0 aliphatic carbocycles. The number of anilines is 1. The minimum Gasteiger partial charge on any atom is -0.481 e. The molecule has 1 atom stereocenters. The van der Waals surface area contributed by atoms with Crippen molar-refractivity contribution >= 4 is 27.4 Å². The van der Waals surface area contributed by atoms with Gasteiger partial charge < -0.3 is 15.2 Å². The van der Waals surface area contributed by atoms with E-state index in [1.807, 2.05) is 0 Å². The molecule has 0 bridgehead atoms. The first kappa shape index (κ1) is 14.3. The summed E-state index contributed by atoms with van der Waals surface area (Å²) in [5.74, 6) is -1.56. The molecule has 0 spiro atoms. The Hall–Kier alpha value is -2.09. The zero-order valence-electron chi connectivity index (χ0n) is 10.6. The third-order valence-corrected chi connectivity index (χ3v) is 4.60. The number of hydrogen-bond donors (Lipinski definition) is 2. The fourth-order valence-corrected chi connectivity index (χ4v) is 2.69. The second-order valence-corrected chi connectivity index (χ2v) is 6.53. The Balaban J connectivity index is 2.33. The van der Waals surface area contributed by atoms with Gasteiger partial charge in [-0.15, -0.1) is 0 Å². The van der Waals surface area contributed by atoms with Crippen LogP contribution in [0.25, 0.3) is 0 Å². The highest BCUT2D eigenvalue weighted by Gasteiger charge is 2.30. The Morgan fingerprint density at radius 2 is 2.15 bits per heavy atom. The van der Waals surface area contributed by atoms with Gasteiger partial charge in [0.15, 0.2) is 15.9 Å². The number of sulfone groups is 1. The van der Waals surface area contributed by atoms with Crippen LogP contribution in [0.5, 0.6) is 5.75 Å². The maximum atomic E-state index is 11.7. The molecule has 8 heteroatoms. The van der Waals surface area contributed by atoms with E-state index in [0.29, 0.717) is 0 Å². The van der Waals surface area contributed by atoms with Gasteiger partial charge in [0.2, 0.25) is 0 Å². The second kappa shape index (κ2) is 5.12. The van der Waals surface area contributed by atoms with Crippen molar-refractivity contribution in [3.8, 4) is 5.75 Å². The number of carbonyl (C=O) groups is 2. The minimum absolute atomic E-state index is 0.0533. The number of aliphatic carboxylic acids is 1. The third kappa shape index (κ3) is 2.74. The lowest BCUT2D eigenvalue weighted by atomic mass is 10.1. The van der Waals surface area contributed by atoms with E-state index < -0.39 is 34.2 Å². The van der Waals surface area contributed by atoms with Crippen molar-refractivity contribution in [3.05, 3.63) is 18.2 Å². The number of nitrogens with one attached hydrogen (secondary N) is 1. The molecule has 2 N–H and O–H groups in total. The molecule has 0 saturated carbocycles. The summed E-state index contributed by atoms with van der Waals surface area (Å²) in [7, 11) is -3.38. The molecule has 1 aliphatic rings. The number of carbonyl (C=O) groups excluding carboxylic acids is 1. The standard InChI is InChI=1S/C12H13NO6S/c1-2-20(17,18)7-3-4-9-8(5-7)13-12(16)10(19-9)6-11(14)15/h3-5,10H,2,6H2,1H3,(H,13,16)(H,14,15)/t10-/m1/s1. The molecule has 108 valence electrons. The first-order chi connectivity index (χ1) is 9.33. The van der Waals surface area contributed by atoms with E-state index in [4.69, 9.17) is 9.84 Å². The topological polar surface area (TPSA) is 110 Å². The molecule has 0 radical (unpaired) electrons. The van der Waals surface area contributed by atoms with Crippen LogP contribution in [-0.2, 0) is 19.4 Å². The van der Waals surface area contributed by atoms with Crippen molar-refractivity contribution in [2.24, 2.45) is 0 Å². The molecule has 0 unspecified atom stereocenters. The van der Waals surface area contributed by atoms with E-state index in [2.05, 4.69) is 5.32 Å². The van der Waals surface area contributed by atoms with Crippen LogP contribution in [0, 0.1) is 0 Å². The van der Waals surface area contributed by atoms with E-state index >= 15 is 0 Å². The van der Waals surface area contributed by atoms with Gasteiger partial charge >= 0.3 is 5.97 Å². The molecule has 0 aromatic heterocycles. The fraction of sp³-hybridized carbons (Fsp3) is 0.333. The van der Waals surface area contributed by atoms with Gasteiger partial charge in [-0.3, -0.25) is 9.59 Å². The molecule has 1 aliphatic heterocycles. The molecule has 1 heterocycles. The van der Waals surface area contributed by atoms with E-state index in [-0.39, 0.29) is 22.1 Å². The number of rotatable bonds is 4. The molecule has 20 heavy (non-hydrogen) atoms. The van der Waals surface area contributed by atoms with Gasteiger partial charge in [0.25, 0.3) is 5.91 Å². The third-order valence-electron chi connectivity index (χ3n) is 2.87. The lowest BCUT2D eigenvalue weighted by Gasteiger charge is -2.25. The number of hydrogen-bond acceptors (Lipinski definition) is 5. The van der Waals surface area contributed by atoms with Crippen molar-refractivity contribution in [2.45, 2.75) is 24.3 Å². The van der Waals surface area contributed by atoms with Gasteiger partial charge in [0.1, 0.15) is 5.75 Å². The highest BCUT2D eigenvalue weighted by molar-refractivity contribution is 7.91. The van der Waals surface area contributed by atoms with Crippen LogP contribution in [0.3, 0.4) is 0 Å². The highest BCUT2D eigenvalue weighted by Crippen LogP contribution is 2.32. The maximum Gasteiger partial charge on any atom is 0.307 e. The summed E-state index contributed by atoms with van der Waals surface area (Å²) in [6.07, 6.45) is -1.58. The van der Waals surface area contributed by atoms with Crippen molar-refractivity contribution in [3.63, 3.8) is 0 Å². The minimum atomic E-state index is -3.38. The monoisotopic (exact) mass is 299 g/mol. The van der Waals surface area contributed by atoms with Crippen molar-refractivity contribution in [1.82, 2.24) is 0 Å². The van der Waals surface area contributed by atoms with Gasteiger partial charge in [0.05, 0.1) is 22.8 Å². The quantitative estimate of drug-likeness (QED) is 0.845. The Labute approximate surface area is 115 Å². The van der Waals surface area contributed by atoms with Crippen LogP contribution in [0.4, 0.5) is 5.69 Å². The Morgan fingerprint density at radius 1 is 1.45 bits per heavy atom. The summed E-state index contributed by atoms with van der Waals surface area (Å²) in [5, 5.41) is 11.1. The Morgan fingerprint density at radius 3 is 2.75 bits per heavy atom. The van der Waals surface area contributed by atoms with E-state index in [9.17, 15) is 18.0 Å². The van der Waals surface area contributed by atoms with Gasteiger partial charge in [-0.25, -0.2) is 8.42 Å². The Kier molecular flexibility index (Phi) is 3.67. The van der Waals surface area contributed by atoms with Crippen molar-refractivity contribution < 1.29 is 27.9 Å². The molecule has 2 rings (SSSR count). The van der Waals surface area contributed by atoms with Crippen LogP contribution >= 0.6 is 0 Å². The molecular weight excluding hydrogens is 286 g/mol. The van der Waals surface area contributed by atoms with Crippen LogP contribution in [-0.4, -0.2) is 37.3 Å². The first-order valence-corrected chi connectivity index (χ1v) is 7.55. The van der Waals surface area contributed by atoms with E-state index in [0.717, 1.165) is 0 Å². The lowest BCUT2D eigenvalue weighted by Crippen LogP contribution is -2.38. The summed E-state index contributed by atoms with van der Waals surface area (Å²) in [6, 6.07) is 4.09. The van der Waals surface area contributed by atoms with Crippen LogP contribution < -0.4 is 10.1 Å². The predicted octanol–water partition coefficient (Wildman–Crippen LogP) is 0.654. The number of fused-ring (bicyclic) bond motifs is 1.